The van der Waals surface area contributed by atoms with Gasteiger partial charge in [0.05, 0.1) is 29.6 Å². The number of carbonyl (C=O) groups is 2. The zero-order chi connectivity index (χ0) is 49.7. The van der Waals surface area contributed by atoms with Crippen LogP contribution in [0.4, 0.5) is 28.9 Å². The Morgan fingerprint density at radius 2 is 1.09 bits per heavy atom. The van der Waals surface area contributed by atoms with Crippen LogP contribution in [0.5, 0.6) is 11.5 Å². The molecule has 0 bridgehead atoms. The first-order valence-electron chi connectivity index (χ1n) is 21.1. The van der Waals surface area contributed by atoms with Crippen LogP contribution in [-0.4, -0.2) is 47.4 Å². The molecule has 0 unspecified atom stereocenters. The van der Waals surface area contributed by atoms with E-state index in [1.165, 1.54) is 31.4 Å². The number of hydrogen-bond acceptors (Lipinski definition) is 7. The molecule has 0 aliphatic carbocycles. The number of aryl methyl sites for hydroxylation is 2. The summed E-state index contributed by atoms with van der Waals surface area (Å²) < 4.78 is 77.1. The maximum Gasteiger partial charge on any atom is 0.337 e. The molecule has 0 saturated carbocycles. The number of carbonyl (C=O) groups excluding carboxylic acids is 1. The highest BCUT2D eigenvalue weighted by molar-refractivity contribution is 9.10. The minimum atomic E-state index is -1.02. The number of methoxy groups -OCH3 is 1. The number of hydrogen-bond donors (Lipinski definition) is 2. The Labute approximate surface area is 412 Å². The average molecular weight is 1070 g/mol. The van der Waals surface area contributed by atoms with Crippen LogP contribution < -0.4 is 20.1 Å². The van der Waals surface area contributed by atoms with Crippen molar-refractivity contribution in [3.05, 3.63) is 199 Å². The number of aromatic carboxylic acids is 1. The summed E-state index contributed by atoms with van der Waals surface area (Å²) in [5, 5.41) is 9.66. The van der Waals surface area contributed by atoms with Crippen LogP contribution in [-0.2, 0) is 18.0 Å². The van der Waals surface area contributed by atoms with Gasteiger partial charge in [-0.2, -0.15) is 0 Å². The molecule has 2 aromatic heterocycles. The molecule has 0 aliphatic heterocycles. The topological polar surface area (TPSA) is 121 Å². The molecule has 16 heteroatoms. The number of halogens is 6. The minimum absolute atomic E-state index is 0.0782. The van der Waals surface area contributed by atoms with Gasteiger partial charge in [-0.1, -0.05) is 31.9 Å². The monoisotopic (exact) mass is 1070 g/mol. The first-order valence-corrected chi connectivity index (χ1v) is 22.6. The van der Waals surface area contributed by atoms with Gasteiger partial charge in [-0.25, -0.2) is 27.2 Å². The third-order valence-electron chi connectivity index (χ3n) is 10.9. The summed E-state index contributed by atoms with van der Waals surface area (Å²) in [6.07, 6.45) is 0. The van der Waals surface area contributed by atoms with Crippen molar-refractivity contribution < 1.29 is 46.5 Å². The van der Waals surface area contributed by atoms with Crippen molar-refractivity contribution in [1.29, 1.82) is 0 Å². The molecule has 0 fully saturated rings. The summed E-state index contributed by atoms with van der Waals surface area (Å²) in [6.45, 7) is 3.69. The third-order valence-corrected chi connectivity index (χ3v) is 11.9. The summed E-state index contributed by atoms with van der Waals surface area (Å²) >= 11 is 7.01. The van der Waals surface area contributed by atoms with E-state index in [9.17, 15) is 32.3 Å². The quantitative estimate of drug-likeness (QED) is 0.0665. The fraction of sp³-hybridized carbons (Fsp3) is 0.132. The summed E-state index contributed by atoms with van der Waals surface area (Å²) in [5.74, 6) is -3.15. The van der Waals surface area contributed by atoms with E-state index in [0.717, 1.165) is 60.7 Å². The van der Waals surface area contributed by atoms with E-state index in [4.69, 9.17) is 19.9 Å². The fourth-order valence-corrected chi connectivity index (χ4v) is 8.26. The lowest BCUT2D eigenvalue weighted by Crippen LogP contribution is -2.12. The van der Waals surface area contributed by atoms with Crippen molar-refractivity contribution in [2.24, 2.45) is 0 Å². The Balaban J connectivity index is 0.000000204. The molecule has 354 valence electrons. The number of esters is 1. The van der Waals surface area contributed by atoms with Gasteiger partial charge in [0, 0.05) is 91.6 Å². The van der Waals surface area contributed by atoms with Gasteiger partial charge in [-0.15, -0.1) is 0 Å². The first kappa shape index (κ1) is 49.6. The molecule has 8 rings (SSSR count). The van der Waals surface area contributed by atoms with Gasteiger partial charge < -0.3 is 39.1 Å². The molecule has 0 amide bonds. The van der Waals surface area contributed by atoms with E-state index in [2.05, 4.69) is 31.9 Å². The normalized spacial score (nSPS) is 10.9. The zero-order valence-electron chi connectivity index (χ0n) is 37.8. The highest BCUT2D eigenvalue weighted by atomic mass is 79.9. The molecule has 0 aliphatic rings. The standard InChI is InChI=1S/C27H23BrF2N2O3.C26H21BrF2N2O3/c1-16-4-8-25(32(16)22-11-18(27(33)34)10-21(14-22)31(2)3)23-12-19(28)6-9-26(23)35-15-17-5-7-20(29)13-24(17)30;1-15-3-7-24(31(15)21-10-17(26(32)33-2)9-20(30)13-21)22-11-18(27)5-8-25(22)34-14-16-4-6-19(28)12-23(16)29/h4-14H,15H2,1-3H3,(H,33,34);3-13H,14,30H2,1-2H3. The van der Waals surface area contributed by atoms with Crippen LogP contribution in [0.25, 0.3) is 33.9 Å². The van der Waals surface area contributed by atoms with E-state index < -0.39 is 35.2 Å². The Morgan fingerprint density at radius 1 is 0.609 bits per heavy atom. The van der Waals surface area contributed by atoms with E-state index in [0.29, 0.717) is 34.1 Å². The van der Waals surface area contributed by atoms with Crippen LogP contribution in [0.15, 0.2) is 142 Å². The van der Waals surface area contributed by atoms with Crippen molar-refractivity contribution in [1.82, 2.24) is 9.13 Å². The second-order valence-corrected chi connectivity index (χ2v) is 17.8. The SMILES string of the molecule is COC(=O)c1cc(N)cc(-n2c(C)ccc2-c2cc(Br)ccc2OCc2ccc(F)cc2F)c1.Cc1ccc(-c2cc(Br)ccc2OCc2ccc(F)cc2F)n1-c1cc(C(=O)O)cc(N(C)C)c1. The van der Waals surface area contributed by atoms with E-state index in [-0.39, 0.29) is 29.9 Å². The molecule has 8 aromatic rings. The van der Waals surface area contributed by atoms with Crippen molar-refractivity contribution in [2.75, 3.05) is 31.8 Å². The van der Waals surface area contributed by atoms with E-state index >= 15 is 0 Å². The van der Waals surface area contributed by atoms with Gasteiger partial charge in [0.1, 0.15) is 48.0 Å². The molecule has 0 radical (unpaired) electrons. The summed E-state index contributed by atoms with van der Waals surface area (Å²) in [5.41, 5.74) is 14.3. The molecule has 0 saturated heterocycles. The molecule has 0 atom stereocenters. The highest BCUT2D eigenvalue weighted by Gasteiger charge is 2.20. The Hall–Kier alpha value is -7.30. The van der Waals surface area contributed by atoms with Gasteiger partial charge in [-0.3, -0.25) is 0 Å². The summed E-state index contributed by atoms with van der Waals surface area (Å²) in [6, 6.07) is 35.6. The number of nitrogens with zero attached hydrogens (tertiary/aromatic N) is 3. The maximum absolute atomic E-state index is 14.2. The maximum atomic E-state index is 14.2. The van der Waals surface area contributed by atoms with Crippen molar-refractivity contribution >= 4 is 55.2 Å². The number of carboxylic acids is 1. The summed E-state index contributed by atoms with van der Waals surface area (Å²) in [4.78, 5) is 25.8. The van der Waals surface area contributed by atoms with Crippen LogP contribution in [0, 0.1) is 37.1 Å². The number of benzene rings is 6. The lowest BCUT2D eigenvalue weighted by atomic mass is 10.1. The molecule has 10 nitrogen and oxygen atoms in total. The lowest BCUT2D eigenvalue weighted by molar-refractivity contribution is 0.0599. The molecule has 0 spiro atoms. The van der Waals surface area contributed by atoms with Crippen molar-refractivity contribution in [3.8, 4) is 45.4 Å². The van der Waals surface area contributed by atoms with Gasteiger partial charge >= 0.3 is 11.9 Å². The van der Waals surface area contributed by atoms with E-state index in [1.807, 2.05) is 96.6 Å². The van der Waals surface area contributed by atoms with Gasteiger partial charge in [-0.05, 0) is 135 Å². The van der Waals surface area contributed by atoms with Crippen LogP contribution in [0.3, 0.4) is 0 Å². The smallest absolute Gasteiger partial charge is 0.337 e. The predicted octanol–water partition coefficient (Wildman–Crippen LogP) is 13.3. The average Bonchev–Trinajstić information content (AvgIpc) is 3.90. The fourth-order valence-electron chi connectivity index (χ4n) is 7.53. The number of nitrogens with two attached hydrogens (primary N) is 1. The van der Waals surface area contributed by atoms with Gasteiger partial charge in [0.15, 0.2) is 0 Å². The first-order chi connectivity index (χ1) is 32.9. The number of ether oxygens (including phenoxy) is 3. The van der Waals surface area contributed by atoms with Gasteiger partial charge in [0.25, 0.3) is 0 Å². The third kappa shape index (κ3) is 11.5. The Kier molecular flexibility index (Phi) is 15.3. The Bertz CT molecular complexity index is 3230. The molecule has 69 heavy (non-hydrogen) atoms. The summed E-state index contributed by atoms with van der Waals surface area (Å²) in [7, 11) is 5.01. The van der Waals surface area contributed by atoms with Crippen LogP contribution in [0.2, 0.25) is 0 Å². The van der Waals surface area contributed by atoms with Crippen molar-refractivity contribution in [2.45, 2.75) is 27.1 Å². The second kappa shape index (κ2) is 21.3. The number of rotatable bonds is 13. The number of carboxylic acid groups (broad SMARTS) is 1. The largest absolute Gasteiger partial charge is 0.488 e. The van der Waals surface area contributed by atoms with Crippen molar-refractivity contribution in [3.63, 3.8) is 0 Å². The molecular weight excluding hydrogens is 1020 g/mol. The van der Waals surface area contributed by atoms with E-state index in [1.54, 1.807) is 42.5 Å². The molecular formula is C53H44Br2F4N4O6. The number of nitrogen functional groups attached to an aromatic ring is 1. The van der Waals surface area contributed by atoms with Crippen LogP contribution >= 0.6 is 31.9 Å². The minimum Gasteiger partial charge on any atom is -0.488 e. The Morgan fingerprint density at radius 3 is 1.54 bits per heavy atom. The number of anilines is 2. The van der Waals surface area contributed by atoms with Gasteiger partial charge in [0.2, 0.25) is 0 Å². The van der Waals surface area contributed by atoms with Crippen LogP contribution in [0.1, 0.15) is 43.2 Å². The zero-order valence-corrected chi connectivity index (χ0v) is 41.0. The molecule has 2 heterocycles. The predicted molar refractivity (Wildman–Crippen MR) is 266 cm³/mol. The molecule has 3 N–H and O–H groups in total. The molecule has 6 aromatic carbocycles. The highest BCUT2D eigenvalue weighted by Crippen LogP contribution is 2.39. The number of aromatic nitrogens is 2. The second-order valence-electron chi connectivity index (χ2n) is 16.0. The lowest BCUT2D eigenvalue weighted by Gasteiger charge is -2.19.